The van der Waals surface area contributed by atoms with Gasteiger partial charge >= 0.3 is 6.11 Å². The molecule has 8 heteroatoms. The van der Waals surface area contributed by atoms with Crippen molar-refractivity contribution >= 4 is 23.3 Å². The lowest BCUT2D eigenvalue weighted by molar-refractivity contribution is -0.159. The maximum absolute atomic E-state index is 13.4. The first kappa shape index (κ1) is 18.3. The van der Waals surface area contributed by atoms with Gasteiger partial charge in [-0.25, -0.2) is 4.98 Å². The Kier molecular flexibility index (Phi) is 4.47. The number of rotatable bonds is 3. The van der Waals surface area contributed by atoms with Crippen molar-refractivity contribution in [3.8, 4) is 17.0 Å². The van der Waals surface area contributed by atoms with Gasteiger partial charge in [0.15, 0.2) is 5.82 Å². The predicted molar refractivity (Wildman–Crippen MR) is 101 cm³/mol. The van der Waals surface area contributed by atoms with E-state index in [1.165, 1.54) is 12.4 Å². The Morgan fingerprint density at radius 1 is 1.21 bits per heavy atom. The van der Waals surface area contributed by atoms with Crippen LogP contribution in [0.15, 0.2) is 48.8 Å². The number of alkyl halides is 2. The highest BCUT2D eigenvalue weighted by Crippen LogP contribution is 2.40. The molecule has 28 heavy (non-hydrogen) atoms. The number of carbonyl (C=O) groups excluding carboxylic acids is 1. The van der Waals surface area contributed by atoms with Crippen molar-refractivity contribution in [1.29, 1.82) is 0 Å². The van der Waals surface area contributed by atoms with E-state index in [9.17, 15) is 13.6 Å². The largest absolute Gasteiger partial charge is 0.432 e. The van der Waals surface area contributed by atoms with E-state index in [-0.39, 0.29) is 11.6 Å². The highest BCUT2D eigenvalue weighted by Gasteiger charge is 2.40. The van der Waals surface area contributed by atoms with E-state index in [4.69, 9.17) is 11.6 Å². The molecule has 142 valence electrons. The number of ether oxygens (including phenoxy) is 1. The zero-order chi connectivity index (χ0) is 19.9. The molecule has 0 fully saturated rings. The van der Waals surface area contributed by atoms with Gasteiger partial charge in [-0.1, -0.05) is 23.7 Å². The molecule has 0 spiro atoms. The molecule has 1 aliphatic heterocycles. The summed E-state index contributed by atoms with van der Waals surface area (Å²) in [6, 6.07) is 9.87. The summed E-state index contributed by atoms with van der Waals surface area (Å²) in [6.07, 6.45) is -0.784. The summed E-state index contributed by atoms with van der Waals surface area (Å²) in [6.45, 7) is 1.78. The Bertz CT molecular complexity index is 1070. The lowest BCUT2D eigenvalue weighted by atomic mass is 10.0. The van der Waals surface area contributed by atoms with Crippen molar-refractivity contribution in [2.24, 2.45) is 0 Å². The van der Waals surface area contributed by atoms with Crippen LogP contribution in [0.2, 0.25) is 5.02 Å². The molecule has 3 aromatic rings. The van der Waals surface area contributed by atoms with Crippen LogP contribution in [0.1, 0.15) is 21.5 Å². The normalized spacial score (nSPS) is 14.3. The molecule has 0 aliphatic carbocycles. The van der Waals surface area contributed by atoms with Crippen LogP contribution < -0.4 is 10.1 Å². The second-order valence-electron chi connectivity index (χ2n) is 6.41. The van der Waals surface area contributed by atoms with Crippen molar-refractivity contribution in [2.45, 2.75) is 19.5 Å². The third-order valence-corrected chi connectivity index (χ3v) is 4.68. The number of carbonyl (C=O) groups is 1. The number of nitrogens with one attached hydrogen (secondary N) is 1. The predicted octanol–water partition coefficient (Wildman–Crippen LogP) is 4.89. The minimum atomic E-state index is -3.19. The van der Waals surface area contributed by atoms with Crippen LogP contribution in [0.4, 0.5) is 14.6 Å². The van der Waals surface area contributed by atoms with Crippen LogP contribution in [0.5, 0.6) is 5.75 Å². The minimum absolute atomic E-state index is 0.183. The molecule has 4 rings (SSSR count). The number of hydrogen-bond donors (Lipinski definition) is 1. The smallest absolute Gasteiger partial charge is 0.402 e. The third kappa shape index (κ3) is 3.53. The van der Waals surface area contributed by atoms with Crippen molar-refractivity contribution < 1.29 is 18.3 Å². The number of aromatic nitrogens is 2. The third-order valence-electron chi connectivity index (χ3n) is 4.35. The van der Waals surface area contributed by atoms with Crippen LogP contribution in [-0.4, -0.2) is 22.0 Å². The second kappa shape index (κ2) is 6.83. The maximum atomic E-state index is 13.4. The van der Waals surface area contributed by atoms with E-state index in [1.807, 2.05) is 0 Å². The first-order valence-corrected chi connectivity index (χ1v) is 8.79. The van der Waals surface area contributed by atoms with Gasteiger partial charge < -0.3 is 10.1 Å². The average Bonchev–Trinajstić information content (AvgIpc) is 2.95. The lowest BCUT2D eigenvalue weighted by Gasteiger charge is -2.10. The van der Waals surface area contributed by atoms with E-state index in [1.54, 1.807) is 43.3 Å². The zero-order valence-corrected chi connectivity index (χ0v) is 15.4. The molecule has 1 N–H and O–H groups in total. The highest BCUT2D eigenvalue weighted by atomic mass is 35.5. The zero-order valence-electron chi connectivity index (χ0n) is 14.7. The summed E-state index contributed by atoms with van der Waals surface area (Å²) in [5.41, 5.74) is 2.66. The molecule has 0 radical (unpaired) electrons. The Hall–Kier alpha value is -3.06. The Morgan fingerprint density at radius 2 is 2.00 bits per heavy atom. The number of amides is 1. The molecule has 0 saturated carbocycles. The molecule has 2 heterocycles. The molecule has 0 saturated heterocycles. The topological polar surface area (TPSA) is 64.1 Å². The van der Waals surface area contributed by atoms with Crippen molar-refractivity contribution in [2.75, 3.05) is 5.32 Å². The lowest BCUT2D eigenvalue weighted by Crippen LogP contribution is -2.20. The number of hydrogen-bond acceptors (Lipinski definition) is 4. The summed E-state index contributed by atoms with van der Waals surface area (Å²) >= 11 is 6.01. The van der Waals surface area contributed by atoms with E-state index in [0.29, 0.717) is 27.4 Å². The van der Waals surface area contributed by atoms with Gasteiger partial charge in [0, 0.05) is 11.1 Å². The minimum Gasteiger partial charge on any atom is -0.432 e. The number of nitrogens with zero attached hydrogens (tertiary/aromatic N) is 2. The van der Waals surface area contributed by atoms with Crippen LogP contribution in [0, 0.1) is 6.92 Å². The van der Waals surface area contributed by atoms with Gasteiger partial charge in [-0.15, -0.1) is 0 Å². The number of halogens is 3. The summed E-state index contributed by atoms with van der Waals surface area (Å²) in [5.74, 6) is 0.0333. The number of benzene rings is 2. The van der Waals surface area contributed by atoms with Crippen LogP contribution >= 0.6 is 11.6 Å². The molecular formula is C20H14ClF2N3O2. The first-order chi connectivity index (χ1) is 13.3. The monoisotopic (exact) mass is 401 g/mol. The Labute approximate surface area is 164 Å². The summed E-state index contributed by atoms with van der Waals surface area (Å²) in [4.78, 5) is 20.8. The fourth-order valence-electron chi connectivity index (χ4n) is 3.01. The second-order valence-corrected chi connectivity index (χ2v) is 6.82. The van der Waals surface area contributed by atoms with Crippen LogP contribution in [0.25, 0.3) is 11.3 Å². The van der Waals surface area contributed by atoms with E-state index >= 15 is 0 Å². The van der Waals surface area contributed by atoms with Gasteiger partial charge in [0.2, 0.25) is 0 Å². The fraction of sp³-hybridized carbons (Fsp3) is 0.150. The standard InChI is InChI=1S/C20H14ClF2N3O2/c1-11-6-17-12(8-20(22,23)28-17)7-14(11)16-9-25-18(10-24-16)26-19(27)13-4-2-3-5-15(13)21/h2-7,9-10H,8H2,1H3,(H,25,26,27). The Morgan fingerprint density at radius 3 is 2.71 bits per heavy atom. The van der Waals surface area contributed by atoms with Crippen molar-refractivity contribution in [1.82, 2.24) is 9.97 Å². The molecule has 2 aromatic carbocycles. The summed E-state index contributed by atoms with van der Waals surface area (Å²) in [5, 5.41) is 2.96. The Balaban J connectivity index is 1.56. The number of fused-ring (bicyclic) bond motifs is 1. The maximum Gasteiger partial charge on any atom is 0.402 e. The van der Waals surface area contributed by atoms with Gasteiger partial charge in [-0.2, -0.15) is 8.78 Å². The van der Waals surface area contributed by atoms with E-state index < -0.39 is 18.4 Å². The quantitative estimate of drug-likeness (QED) is 0.679. The molecule has 0 bridgehead atoms. The van der Waals surface area contributed by atoms with Crippen LogP contribution in [0.3, 0.4) is 0 Å². The molecule has 1 amide bonds. The fourth-order valence-corrected chi connectivity index (χ4v) is 3.24. The van der Waals surface area contributed by atoms with Gasteiger partial charge in [0.05, 0.1) is 35.1 Å². The van der Waals surface area contributed by atoms with E-state index in [2.05, 4.69) is 20.0 Å². The number of anilines is 1. The van der Waals surface area contributed by atoms with Gasteiger partial charge in [-0.3, -0.25) is 9.78 Å². The first-order valence-electron chi connectivity index (χ1n) is 8.41. The molecular weight excluding hydrogens is 388 g/mol. The van der Waals surface area contributed by atoms with Gasteiger partial charge in [-0.05, 0) is 36.8 Å². The van der Waals surface area contributed by atoms with Crippen molar-refractivity contribution in [3.63, 3.8) is 0 Å². The van der Waals surface area contributed by atoms with E-state index in [0.717, 1.165) is 5.56 Å². The molecule has 0 unspecified atom stereocenters. The summed E-state index contributed by atoms with van der Waals surface area (Å²) in [7, 11) is 0. The van der Waals surface area contributed by atoms with Gasteiger partial charge in [0.1, 0.15) is 5.75 Å². The molecule has 0 atom stereocenters. The molecule has 1 aliphatic rings. The number of aryl methyl sites for hydroxylation is 1. The molecule has 1 aromatic heterocycles. The average molecular weight is 402 g/mol. The van der Waals surface area contributed by atoms with Gasteiger partial charge in [0.25, 0.3) is 5.91 Å². The molecule has 5 nitrogen and oxygen atoms in total. The SMILES string of the molecule is Cc1cc2c(cc1-c1cnc(NC(=O)c3ccccc3Cl)cn1)CC(F)(F)O2. The summed E-state index contributed by atoms with van der Waals surface area (Å²) < 4.78 is 31.5. The highest BCUT2D eigenvalue weighted by molar-refractivity contribution is 6.34. The van der Waals surface area contributed by atoms with Crippen molar-refractivity contribution in [3.05, 3.63) is 70.5 Å². The van der Waals surface area contributed by atoms with Crippen LogP contribution in [-0.2, 0) is 6.42 Å².